The van der Waals surface area contributed by atoms with Crippen LogP contribution in [0.15, 0.2) is 54.6 Å². The minimum atomic E-state index is -0.158. The molecule has 2 heterocycles. The summed E-state index contributed by atoms with van der Waals surface area (Å²) in [5.41, 5.74) is 5.28. The molecular formula is C22H24N4OS. The topological polar surface area (TPSA) is 50.2 Å². The Bertz CT molecular complexity index is 995. The second-order valence-corrected chi connectivity index (χ2v) is 8.68. The van der Waals surface area contributed by atoms with Crippen LogP contribution in [0.5, 0.6) is 0 Å². The van der Waals surface area contributed by atoms with Crippen molar-refractivity contribution in [3.63, 3.8) is 0 Å². The molecule has 5 nitrogen and oxygen atoms in total. The van der Waals surface area contributed by atoms with E-state index >= 15 is 0 Å². The van der Waals surface area contributed by atoms with Gasteiger partial charge in [0.05, 0.1) is 21.9 Å². The van der Waals surface area contributed by atoms with Gasteiger partial charge in [0, 0.05) is 25.3 Å². The number of hydrogen-bond donors (Lipinski definition) is 1. The molecule has 2 aromatic carbocycles. The highest BCUT2D eigenvalue weighted by molar-refractivity contribution is 8.01. The maximum absolute atomic E-state index is 12.7. The van der Waals surface area contributed by atoms with Crippen molar-refractivity contribution in [3.8, 4) is 5.69 Å². The van der Waals surface area contributed by atoms with Crippen LogP contribution < -0.4 is 10.2 Å². The number of para-hydroxylation sites is 1. The standard InChI is InChI=1S/C22H24N4OS/c1-14-19-20(16-10-12-17(13-11-16)25(3)4)28-15(2)22(27)23-21(19)26(24-14)18-8-6-5-7-9-18/h5-13,15,20H,1-4H3,(H,23,27). The van der Waals surface area contributed by atoms with E-state index in [0.29, 0.717) is 0 Å². The average Bonchev–Trinajstić information content (AvgIpc) is 2.95. The molecule has 6 heteroatoms. The van der Waals surface area contributed by atoms with Crippen LogP contribution in [0.4, 0.5) is 11.5 Å². The van der Waals surface area contributed by atoms with Gasteiger partial charge in [-0.05, 0) is 43.7 Å². The van der Waals surface area contributed by atoms with E-state index in [0.717, 1.165) is 28.5 Å². The second kappa shape index (κ2) is 7.36. The highest BCUT2D eigenvalue weighted by Gasteiger charge is 2.34. The molecule has 1 aromatic heterocycles. The van der Waals surface area contributed by atoms with Crippen LogP contribution in [0.25, 0.3) is 5.69 Å². The lowest BCUT2D eigenvalue weighted by Crippen LogP contribution is -2.22. The minimum Gasteiger partial charge on any atom is -0.378 e. The van der Waals surface area contributed by atoms with Crippen molar-refractivity contribution >= 4 is 29.2 Å². The summed E-state index contributed by atoms with van der Waals surface area (Å²) in [6, 6.07) is 18.5. The molecule has 28 heavy (non-hydrogen) atoms. The Morgan fingerprint density at radius 3 is 2.39 bits per heavy atom. The molecule has 3 aromatic rings. The van der Waals surface area contributed by atoms with Crippen molar-refractivity contribution in [1.29, 1.82) is 0 Å². The molecule has 1 amide bonds. The Labute approximate surface area is 169 Å². The molecule has 2 atom stereocenters. The summed E-state index contributed by atoms with van der Waals surface area (Å²) in [5, 5.41) is 7.77. The molecule has 144 valence electrons. The highest BCUT2D eigenvalue weighted by atomic mass is 32.2. The SMILES string of the molecule is Cc1nn(-c2ccccc2)c2c1C(c1ccc(N(C)C)cc1)SC(C)C(=O)N2. The Balaban J connectivity index is 1.86. The zero-order valence-corrected chi connectivity index (χ0v) is 17.3. The van der Waals surface area contributed by atoms with Crippen molar-refractivity contribution in [2.75, 3.05) is 24.3 Å². The highest BCUT2D eigenvalue weighted by Crippen LogP contribution is 2.46. The van der Waals surface area contributed by atoms with Gasteiger partial charge in [-0.2, -0.15) is 5.10 Å². The van der Waals surface area contributed by atoms with E-state index in [1.807, 2.05) is 63.0 Å². The van der Waals surface area contributed by atoms with Crippen molar-refractivity contribution in [2.45, 2.75) is 24.3 Å². The molecule has 0 spiro atoms. The Hall–Kier alpha value is -2.73. The van der Waals surface area contributed by atoms with Gasteiger partial charge >= 0.3 is 0 Å². The fourth-order valence-corrected chi connectivity index (χ4v) is 4.80. The molecule has 1 N–H and O–H groups in total. The number of fused-ring (bicyclic) bond motifs is 1. The largest absolute Gasteiger partial charge is 0.378 e. The Kier molecular flexibility index (Phi) is 4.89. The summed E-state index contributed by atoms with van der Waals surface area (Å²) >= 11 is 1.67. The van der Waals surface area contributed by atoms with Crippen LogP contribution in [-0.2, 0) is 4.79 Å². The minimum absolute atomic E-state index is 0.00995. The monoisotopic (exact) mass is 392 g/mol. The predicted octanol–water partition coefficient (Wildman–Crippen LogP) is 4.41. The maximum atomic E-state index is 12.7. The number of aryl methyl sites for hydroxylation is 1. The van der Waals surface area contributed by atoms with Crippen molar-refractivity contribution < 1.29 is 4.79 Å². The average molecular weight is 393 g/mol. The smallest absolute Gasteiger partial charge is 0.238 e. The van der Waals surface area contributed by atoms with Crippen molar-refractivity contribution in [2.24, 2.45) is 0 Å². The van der Waals surface area contributed by atoms with Crippen LogP contribution in [-0.4, -0.2) is 35.0 Å². The third kappa shape index (κ3) is 3.29. The quantitative estimate of drug-likeness (QED) is 0.717. The van der Waals surface area contributed by atoms with E-state index < -0.39 is 0 Å². The molecule has 1 aliphatic heterocycles. The number of rotatable bonds is 3. The predicted molar refractivity (Wildman–Crippen MR) is 117 cm³/mol. The fourth-order valence-electron chi connectivity index (χ4n) is 3.47. The van der Waals surface area contributed by atoms with E-state index in [1.54, 1.807) is 11.8 Å². The fraction of sp³-hybridized carbons (Fsp3) is 0.273. The van der Waals surface area contributed by atoms with Gasteiger partial charge < -0.3 is 10.2 Å². The summed E-state index contributed by atoms with van der Waals surface area (Å²) in [6.45, 7) is 3.98. The number of benzene rings is 2. The van der Waals surface area contributed by atoms with Gasteiger partial charge in [0.1, 0.15) is 5.82 Å². The molecular weight excluding hydrogens is 368 g/mol. The summed E-state index contributed by atoms with van der Waals surface area (Å²) in [7, 11) is 4.07. The number of carbonyl (C=O) groups is 1. The van der Waals surface area contributed by atoms with Crippen LogP contribution in [0.1, 0.15) is 29.0 Å². The zero-order chi connectivity index (χ0) is 19.8. The lowest BCUT2D eigenvalue weighted by molar-refractivity contribution is -0.115. The summed E-state index contributed by atoms with van der Waals surface area (Å²) < 4.78 is 1.85. The van der Waals surface area contributed by atoms with E-state index in [1.165, 1.54) is 5.56 Å². The summed E-state index contributed by atoms with van der Waals surface area (Å²) in [5.74, 6) is 0.781. The number of aromatic nitrogens is 2. The van der Waals surface area contributed by atoms with Gasteiger partial charge in [0.25, 0.3) is 0 Å². The van der Waals surface area contributed by atoms with Gasteiger partial charge in [-0.15, -0.1) is 11.8 Å². The van der Waals surface area contributed by atoms with E-state index in [2.05, 4.69) is 34.5 Å². The molecule has 4 rings (SSSR count). The van der Waals surface area contributed by atoms with Crippen LogP contribution >= 0.6 is 11.8 Å². The van der Waals surface area contributed by atoms with Crippen molar-refractivity contribution in [1.82, 2.24) is 9.78 Å². The van der Waals surface area contributed by atoms with E-state index in [9.17, 15) is 4.79 Å². The number of hydrogen-bond acceptors (Lipinski definition) is 4. The molecule has 1 aliphatic rings. The molecule has 0 saturated heterocycles. The van der Waals surface area contributed by atoms with Crippen LogP contribution in [0.3, 0.4) is 0 Å². The number of amides is 1. The Morgan fingerprint density at radius 2 is 1.75 bits per heavy atom. The third-order valence-corrected chi connectivity index (χ3v) is 6.44. The normalized spacial score (nSPS) is 18.9. The first-order valence-corrected chi connectivity index (χ1v) is 10.3. The second-order valence-electron chi connectivity index (χ2n) is 7.23. The third-order valence-electron chi connectivity index (χ3n) is 5.03. The van der Waals surface area contributed by atoms with Crippen LogP contribution in [0.2, 0.25) is 0 Å². The number of anilines is 2. The van der Waals surface area contributed by atoms with E-state index in [4.69, 9.17) is 5.10 Å². The zero-order valence-electron chi connectivity index (χ0n) is 16.5. The molecule has 0 aliphatic carbocycles. The lowest BCUT2D eigenvalue weighted by atomic mass is 10.0. The number of thioether (sulfide) groups is 1. The maximum Gasteiger partial charge on any atom is 0.238 e. The summed E-state index contributed by atoms with van der Waals surface area (Å²) in [4.78, 5) is 14.8. The van der Waals surface area contributed by atoms with Crippen molar-refractivity contribution in [3.05, 3.63) is 71.4 Å². The first-order valence-electron chi connectivity index (χ1n) is 9.34. The molecule has 0 fully saturated rings. The van der Waals surface area contributed by atoms with Gasteiger partial charge in [-0.3, -0.25) is 4.79 Å². The lowest BCUT2D eigenvalue weighted by Gasteiger charge is -2.19. The van der Waals surface area contributed by atoms with Gasteiger partial charge in [-0.1, -0.05) is 30.3 Å². The first-order chi connectivity index (χ1) is 13.5. The van der Waals surface area contributed by atoms with Gasteiger partial charge in [-0.25, -0.2) is 4.68 Å². The molecule has 0 saturated carbocycles. The first kappa shape index (κ1) is 18.6. The Morgan fingerprint density at radius 1 is 1.07 bits per heavy atom. The number of carbonyl (C=O) groups excluding carboxylic acids is 1. The molecule has 0 radical (unpaired) electrons. The van der Waals surface area contributed by atoms with Gasteiger partial charge in [0.2, 0.25) is 5.91 Å². The van der Waals surface area contributed by atoms with Gasteiger partial charge in [0.15, 0.2) is 0 Å². The molecule has 0 bridgehead atoms. The molecule has 2 unspecified atom stereocenters. The number of nitrogens with zero attached hydrogens (tertiary/aromatic N) is 3. The number of nitrogens with one attached hydrogen (secondary N) is 1. The van der Waals surface area contributed by atoms with E-state index in [-0.39, 0.29) is 16.4 Å². The van der Waals surface area contributed by atoms with Crippen LogP contribution in [0, 0.1) is 6.92 Å². The summed E-state index contributed by atoms with van der Waals surface area (Å²) in [6.07, 6.45) is 0.